The quantitative estimate of drug-likeness (QED) is 0.796. The molecule has 1 aromatic heterocycles. The first-order valence-corrected chi connectivity index (χ1v) is 5.01. The van der Waals surface area contributed by atoms with Gasteiger partial charge in [-0.25, -0.2) is 9.78 Å². The number of carboxylic acid groups (broad SMARTS) is 1. The van der Waals surface area contributed by atoms with Crippen molar-refractivity contribution in [3.63, 3.8) is 0 Å². The number of aryl methyl sites for hydroxylation is 2. The van der Waals surface area contributed by atoms with Crippen molar-refractivity contribution in [3.8, 4) is 0 Å². The van der Waals surface area contributed by atoms with E-state index >= 15 is 0 Å². The molecule has 4 nitrogen and oxygen atoms in total. The molecule has 4 heteroatoms. The van der Waals surface area contributed by atoms with Crippen LogP contribution < -0.4 is 5.32 Å². The number of nitrogens with zero attached hydrogens (tertiary/aromatic N) is 1. The first-order chi connectivity index (χ1) is 7.06. The number of nitrogens with one attached hydrogen (secondary N) is 1. The van der Waals surface area contributed by atoms with Gasteiger partial charge in [0.25, 0.3) is 0 Å². The summed E-state index contributed by atoms with van der Waals surface area (Å²) in [6.45, 7) is 6.40. The Balaban J connectivity index is 3.14. The van der Waals surface area contributed by atoms with Crippen molar-refractivity contribution in [2.45, 2.75) is 27.2 Å². The lowest BCUT2D eigenvalue weighted by Gasteiger charge is -2.10. The molecule has 0 bridgehead atoms. The maximum atomic E-state index is 11.0. The van der Waals surface area contributed by atoms with Crippen LogP contribution in [0.15, 0.2) is 6.07 Å². The molecular formula is C11H16N2O2. The number of hydrogen-bond acceptors (Lipinski definition) is 3. The second kappa shape index (κ2) is 4.77. The zero-order valence-corrected chi connectivity index (χ0v) is 9.29. The van der Waals surface area contributed by atoms with Gasteiger partial charge < -0.3 is 10.4 Å². The highest BCUT2D eigenvalue weighted by Crippen LogP contribution is 2.18. The van der Waals surface area contributed by atoms with E-state index in [0.29, 0.717) is 5.82 Å². The molecule has 0 saturated carbocycles. The fourth-order valence-electron chi connectivity index (χ4n) is 1.48. The molecule has 0 aromatic carbocycles. The van der Waals surface area contributed by atoms with E-state index < -0.39 is 5.97 Å². The number of aromatic nitrogens is 1. The second-order valence-corrected chi connectivity index (χ2v) is 3.54. The Hall–Kier alpha value is -1.58. The molecule has 0 aliphatic heterocycles. The van der Waals surface area contributed by atoms with Gasteiger partial charge in [0.15, 0.2) is 0 Å². The average molecular weight is 208 g/mol. The Morgan fingerprint density at radius 2 is 2.20 bits per heavy atom. The molecule has 15 heavy (non-hydrogen) atoms. The molecule has 82 valence electrons. The van der Waals surface area contributed by atoms with Crippen LogP contribution in [0.2, 0.25) is 0 Å². The standard InChI is InChI=1S/C11H16N2O2/c1-4-5-12-10-9(11(14)15)7(2)6-8(3)13-10/h6H,4-5H2,1-3H3,(H,12,13)(H,14,15). The van der Waals surface area contributed by atoms with E-state index in [1.165, 1.54) is 0 Å². The predicted octanol–water partition coefficient (Wildman–Crippen LogP) is 2.22. The Labute approximate surface area is 89.3 Å². The van der Waals surface area contributed by atoms with Crippen molar-refractivity contribution < 1.29 is 9.90 Å². The Morgan fingerprint density at radius 3 is 2.73 bits per heavy atom. The van der Waals surface area contributed by atoms with Gasteiger partial charge in [-0.15, -0.1) is 0 Å². The van der Waals surface area contributed by atoms with Gasteiger partial charge in [0.1, 0.15) is 11.4 Å². The molecule has 0 spiro atoms. The van der Waals surface area contributed by atoms with Crippen molar-refractivity contribution in [3.05, 3.63) is 22.9 Å². The van der Waals surface area contributed by atoms with E-state index in [0.717, 1.165) is 24.2 Å². The zero-order valence-electron chi connectivity index (χ0n) is 9.29. The lowest BCUT2D eigenvalue weighted by Crippen LogP contribution is -2.11. The van der Waals surface area contributed by atoms with Crippen LogP contribution in [-0.2, 0) is 0 Å². The molecular weight excluding hydrogens is 192 g/mol. The fraction of sp³-hybridized carbons (Fsp3) is 0.455. The van der Waals surface area contributed by atoms with Gasteiger partial charge in [0.05, 0.1) is 0 Å². The van der Waals surface area contributed by atoms with Gasteiger partial charge >= 0.3 is 5.97 Å². The van der Waals surface area contributed by atoms with Gasteiger partial charge in [0, 0.05) is 12.2 Å². The minimum atomic E-state index is -0.932. The van der Waals surface area contributed by atoms with Crippen LogP contribution in [0.5, 0.6) is 0 Å². The van der Waals surface area contributed by atoms with Crippen LogP contribution in [0.1, 0.15) is 35.0 Å². The van der Waals surface area contributed by atoms with Gasteiger partial charge in [-0.1, -0.05) is 6.92 Å². The highest BCUT2D eigenvalue weighted by atomic mass is 16.4. The summed E-state index contributed by atoms with van der Waals surface area (Å²) in [5.41, 5.74) is 1.85. The number of carboxylic acids is 1. The number of carbonyl (C=O) groups is 1. The lowest BCUT2D eigenvalue weighted by molar-refractivity contribution is 0.0697. The Kier molecular flexibility index (Phi) is 3.66. The monoisotopic (exact) mass is 208 g/mol. The number of pyridine rings is 1. The largest absolute Gasteiger partial charge is 0.478 e. The fourth-order valence-corrected chi connectivity index (χ4v) is 1.48. The number of anilines is 1. The summed E-state index contributed by atoms with van der Waals surface area (Å²) in [4.78, 5) is 15.2. The van der Waals surface area contributed by atoms with E-state index in [4.69, 9.17) is 5.11 Å². The van der Waals surface area contributed by atoms with E-state index in [-0.39, 0.29) is 5.56 Å². The van der Waals surface area contributed by atoms with Crippen molar-refractivity contribution in [2.75, 3.05) is 11.9 Å². The van der Waals surface area contributed by atoms with E-state index in [9.17, 15) is 4.79 Å². The van der Waals surface area contributed by atoms with Gasteiger partial charge in [0.2, 0.25) is 0 Å². The zero-order chi connectivity index (χ0) is 11.4. The first-order valence-electron chi connectivity index (χ1n) is 5.01. The maximum absolute atomic E-state index is 11.0. The average Bonchev–Trinajstić information content (AvgIpc) is 2.12. The summed E-state index contributed by atoms with van der Waals surface area (Å²) in [7, 11) is 0. The van der Waals surface area contributed by atoms with Crippen LogP contribution >= 0.6 is 0 Å². The summed E-state index contributed by atoms with van der Waals surface area (Å²) in [6, 6.07) is 1.78. The highest BCUT2D eigenvalue weighted by Gasteiger charge is 2.14. The first kappa shape index (κ1) is 11.5. The number of rotatable bonds is 4. The molecule has 0 unspecified atom stereocenters. The Bertz CT molecular complexity index is 375. The van der Waals surface area contributed by atoms with E-state index in [1.54, 1.807) is 13.0 Å². The molecule has 0 saturated heterocycles. The van der Waals surface area contributed by atoms with E-state index in [1.807, 2.05) is 13.8 Å². The lowest BCUT2D eigenvalue weighted by atomic mass is 10.1. The van der Waals surface area contributed by atoms with Crippen LogP contribution in [0.3, 0.4) is 0 Å². The summed E-state index contributed by atoms with van der Waals surface area (Å²) in [5, 5.41) is 12.1. The molecule has 0 aliphatic rings. The molecule has 0 aliphatic carbocycles. The third-order valence-electron chi connectivity index (χ3n) is 2.10. The highest BCUT2D eigenvalue weighted by molar-refractivity contribution is 5.94. The third-order valence-corrected chi connectivity index (χ3v) is 2.10. The molecule has 0 radical (unpaired) electrons. The molecule has 0 amide bonds. The molecule has 1 heterocycles. The Morgan fingerprint density at radius 1 is 1.53 bits per heavy atom. The summed E-state index contributed by atoms with van der Waals surface area (Å²) < 4.78 is 0. The third kappa shape index (κ3) is 2.68. The SMILES string of the molecule is CCCNc1nc(C)cc(C)c1C(=O)O. The second-order valence-electron chi connectivity index (χ2n) is 3.54. The summed E-state index contributed by atoms with van der Waals surface area (Å²) >= 11 is 0. The van der Waals surface area contributed by atoms with Gasteiger partial charge in [-0.05, 0) is 31.9 Å². The number of aromatic carboxylic acids is 1. The summed E-state index contributed by atoms with van der Waals surface area (Å²) in [6.07, 6.45) is 0.938. The molecule has 0 atom stereocenters. The maximum Gasteiger partial charge on any atom is 0.339 e. The van der Waals surface area contributed by atoms with Crippen molar-refractivity contribution in [1.82, 2.24) is 4.98 Å². The molecule has 0 fully saturated rings. The predicted molar refractivity (Wildman–Crippen MR) is 59.5 cm³/mol. The van der Waals surface area contributed by atoms with Crippen molar-refractivity contribution >= 4 is 11.8 Å². The van der Waals surface area contributed by atoms with Crippen molar-refractivity contribution in [1.29, 1.82) is 0 Å². The van der Waals surface area contributed by atoms with Crippen LogP contribution in [-0.4, -0.2) is 22.6 Å². The van der Waals surface area contributed by atoms with E-state index in [2.05, 4.69) is 10.3 Å². The molecule has 1 rings (SSSR count). The van der Waals surface area contributed by atoms with Gasteiger partial charge in [-0.3, -0.25) is 0 Å². The van der Waals surface area contributed by atoms with Crippen LogP contribution in [0.4, 0.5) is 5.82 Å². The topological polar surface area (TPSA) is 62.2 Å². The molecule has 2 N–H and O–H groups in total. The van der Waals surface area contributed by atoms with Crippen molar-refractivity contribution in [2.24, 2.45) is 0 Å². The van der Waals surface area contributed by atoms with Crippen LogP contribution in [0, 0.1) is 13.8 Å². The normalized spacial score (nSPS) is 10.1. The van der Waals surface area contributed by atoms with Crippen LogP contribution in [0.25, 0.3) is 0 Å². The van der Waals surface area contributed by atoms with Gasteiger partial charge in [-0.2, -0.15) is 0 Å². The smallest absolute Gasteiger partial charge is 0.339 e. The number of hydrogen-bond donors (Lipinski definition) is 2. The minimum Gasteiger partial charge on any atom is -0.478 e. The minimum absolute atomic E-state index is 0.272. The molecule has 1 aromatic rings. The summed E-state index contributed by atoms with van der Waals surface area (Å²) in [5.74, 6) is -0.458.